The fourth-order valence-corrected chi connectivity index (χ4v) is 5.34. The third kappa shape index (κ3) is 3.40. The number of aromatic nitrogens is 1. The van der Waals surface area contributed by atoms with Crippen LogP contribution >= 0.6 is 23.1 Å². The molecule has 0 saturated heterocycles. The second-order valence-corrected chi connectivity index (χ2v) is 9.81. The molecule has 2 aliphatic rings. The Bertz CT molecular complexity index is 1020. The van der Waals surface area contributed by atoms with Gasteiger partial charge in [-0.15, -0.1) is 11.3 Å². The molecule has 144 valence electrons. The summed E-state index contributed by atoms with van der Waals surface area (Å²) in [4.78, 5) is 17.8. The highest BCUT2D eigenvalue weighted by atomic mass is 32.2. The first-order valence-corrected chi connectivity index (χ1v) is 10.6. The molecule has 1 aromatic carbocycles. The number of fused-ring (bicyclic) bond motifs is 2. The Balaban J connectivity index is 1.43. The molecule has 1 N–H and O–H groups in total. The van der Waals surface area contributed by atoms with E-state index < -0.39 is 10.7 Å². The second-order valence-electron chi connectivity index (χ2n) is 7.08. The van der Waals surface area contributed by atoms with Crippen LogP contribution in [-0.2, 0) is 11.2 Å². The number of thiazole rings is 1. The van der Waals surface area contributed by atoms with Gasteiger partial charge in [-0.2, -0.15) is 0 Å². The fourth-order valence-electron chi connectivity index (χ4n) is 3.12. The van der Waals surface area contributed by atoms with Crippen LogP contribution in [0, 0.1) is 0 Å². The van der Waals surface area contributed by atoms with Crippen molar-refractivity contribution in [2.75, 3.05) is 6.54 Å². The number of rotatable bonds is 7. The van der Waals surface area contributed by atoms with Gasteiger partial charge in [-0.1, -0.05) is 42.1 Å². The standard InChI is InChI=1S/C21H19FN2O2S2/c1-21(2,19(25)26)28-20-23-14(12-27-20)10-11-24-16-9-8-15(18(24)17(16)22)13-6-4-3-5-7-13/h3-9,12H,10-11H2,1-2H3,(H,25,26). The van der Waals surface area contributed by atoms with Crippen molar-refractivity contribution in [1.29, 1.82) is 0 Å². The van der Waals surface area contributed by atoms with E-state index in [2.05, 4.69) is 4.98 Å². The van der Waals surface area contributed by atoms with Gasteiger partial charge in [-0.3, -0.25) is 4.79 Å². The predicted octanol–water partition coefficient (Wildman–Crippen LogP) is 5.12. The molecule has 7 heteroatoms. The Kier molecular flexibility index (Phi) is 4.89. The number of carbonyl (C=O) groups is 1. The van der Waals surface area contributed by atoms with Gasteiger partial charge in [0.15, 0.2) is 10.2 Å². The van der Waals surface area contributed by atoms with Gasteiger partial charge in [0.2, 0.25) is 0 Å². The SMILES string of the molecule is CC(C)(Sc1nc(CCN2c3ccc(-c4ccccc4)c2c3F)cs1)C(=O)O. The molecule has 0 aliphatic carbocycles. The molecule has 0 spiro atoms. The molecule has 0 saturated carbocycles. The van der Waals surface area contributed by atoms with Crippen LogP contribution in [0.1, 0.15) is 25.1 Å². The van der Waals surface area contributed by atoms with Gasteiger partial charge in [0.25, 0.3) is 0 Å². The molecule has 0 atom stereocenters. The quantitative estimate of drug-likeness (QED) is 0.638. The van der Waals surface area contributed by atoms with Gasteiger partial charge in [0, 0.05) is 23.9 Å². The van der Waals surface area contributed by atoms with Crippen molar-refractivity contribution < 1.29 is 14.3 Å². The number of benzene rings is 1. The maximum atomic E-state index is 14.5. The Labute approximate surface area is 171 Å². The molecule has 0 radical (unpaired) electrons. The fraction of sp³-hybridized carbons (Fsp3) is 0.238. The van der Waals surface area contributed by atoms with Crippen LogP contribution < -0.4 is 0 Å². The van der Waals surface area contributed by atoms with E-state index in [0.29, 0.717) is 24.4 Å². The number of hydrogen-bond acceptors (Lipinski definition) is 5. The van der Waals surface area contributed by atoms with Crippen molar-refractivity contribution in [3.8, 4) is 0 Å². The van der Waals surface area contributed by atoms with Gasteiger partial charge in [-0.05, 0) is 31.6 Å². The first-order chi connectivity index (χ1) is 13.4. The average molecular weight is 415 g/mol. The maximum Gasteiger partial charge on any atom is 0.319 e. The molecule has 3 heterocycles. The number of nitrogens with zero attached hydrogens (tertiary/aromatic N) is 2. The topological polar surface area (TPSA) is 53.4 Å². The van der Waals surface area contributed by atoms with Gasteiger partial charge >= 0.3 is 5.97 Å². The number of aliphatic carboxylic acids is 1. The van der Waals surface area contributed by atoms with Crippen molar-refractivity contribution in [3.05, 3.63) is 76.3 Å². The zero-order valence-electron chi connectivity index (χ0n) is 15.5. The van der Waals surface area contributed by atoms with E-state index in [0.717, 1.165) is 21.2 Å². The number of thioether (sulfide) groups is 1. The van der Waals surface area contributed by atoms with E-state index in [1.165, 1.54) is 23.1 Å². The van der Waals surface area contributed by atoms with Gasteiger partial charge < -0.3 is 10.0 Å². The summed E-state index contributed by atoms with van der Waals surface area (Å²) in [5.74, 6) is -1.02. The van der Waals surface area contributed by atoms with E-state index in [4.69, 9.17) is 0 Å². The molecular weight excluding hydrogens is 395 g/mol. The Morgan fingerprint density at radius 3 is 2.71 bits per heavy atom. The Hall–Kier alpha value is -2.38. The van der Waals surface area contributed by atoms with Gasteiger partial charge in [0.05, 0.1) is 17.1 Å². The first-order valence-electron chi connectivity index (χ1n) is 8.89. The van der Waals surface area contributed by atoms with Crippen LogP contribution in [0.25, 0.3) is 5.57 Å². The largest absolute Gasteiger partial charge is 0.480 e. The molecule has 0 unspecified atom stereocenters. The summed E-state index contributed by atoms with van der Waals surface area (Å²) in [5, 5.41) is 11.2. The summed E-state index contributed by atoms with van der Waals surface area (Å²) in [5.41, 5.74) is 4.04. The molecule has 0 amide bonds. The summed E-state index contributed by atoms with van der Waals surface area (Å²) in [6.45, 7) is 3.97. The summed E-state index contributed by atoms with van der Waals surface area (Å²) in [7, 11) is 0. The highest BCUT2D eigenvalue weighted by molar-refractivity contribution is 8.02. The number of hydrogen-bond donors (Lipinski definition) is 1. The number of carboxylic acids is 1. The molecule has 4 rings (SSSR count). The summed E-state index contributed by atoms with van der Waals surface area (Å²) < 4.78 is 14.3. The number of halogens is 1. The molecule has 2 aliphatic heterocycles. The van der Waals surface area contributed by atoms with Crippen LogP contribution in [0.4, 0.5) is 4.39 Å². The van der Waals surface area contributed by atoms with E-state index in [-0.39, 0.29) is 5.83 Å². The average Bonchev–Trinajstić information content (AvgIpc) is 3.12. The summed E-state index contributed by atoms with van der Waals surface area (Å²) >= 11 is 2.70. The predicted molar refractivity (Wildman–Crippen MR) is 111 cm³/mol. The van der Waals surface area contributed by atoms with Crippen LogP contribution in [0.3, 0.4) is 0 Å². The monoisotopic (exact) mass is 414 g/mol. The van der Waals surface area contributed by atoms with Crippen LogP contribution in [-0.4, -0.2) is 32.3 Å². The van der Waals surface area contributed by atoms with E-state index >= 15 is 0 Å². The van der Waals surface area contributed by atoms with E-state index in [1.54, 1.807) is 13.8 Å². The minimum absolute atomic E-state index is 0.154. The summed E-state index contributed by atoms with van der Waals surface area (Å²) in [6, 6.07) is 9.81. The molecule has 4 nitrogen and oxygen atoms in total. The lowest BCUT2D eigenvalue weighted by Crippen LogP contribution is -2.36. The molecular formula is C21H19FN2O2S2. The number of allylic oxidation sites excluding steroid dienone is 4. The van der Waals surface area contributed by atoms with Gasteiger partial charge in [-0.25, -0.2) is 9.37 Å². The molecule has 2 bridgehead atoms. The third-order valence-electron chi connectivity index (χ3n) is 4.72. The molecule has 1 aromatic heterocycles. The zero-order chi connectivity index (χ0) is 19.9. The van der Waals surface area contributed by atoms with Crippen molar-refractivity contribution in [1.82, 2.24) is 9.88 Å². The third-order valence-corrected chi connectivity index (χ3v) is 6.89. The lowest BCUT2D eigenvalue weighted by molar-refractivity contribution is -0.138. The Morgan fingerprint density at radius 1 is 1.29 bits per heavy atom. The minimum atomic E-state index is -0.919. The van der Waals surface area contributed by atoms with Crippen molar-refractivity contribution in [2.45, 2.75) is 29.4 Å². The highest BCUT2D eigenvalue weighted by Crippen LogP contribution is 2.46. The maximum absolute atomic E-state index is 14.5. The van der Waals surface area contributed by atoms with Crippen LogP contribution in [0.5, 0.6) is 0 Å². The second kappa shape index (κ2) is 7.22. The molecule has 2 aromatic rings. The van der Waals surface area contributed by atoms with Crippen LogP contribution in [0.15, 0.2) is 69.4 Å². The van der Waals surface area contributed by atoms with E-state index in [1.807, 2.05) is 52.8 Å². The molecule has 0 fully saturated rings. The zero-order valence-corrected chi connectivity index (χ0v) is 17.1. The normalized spacial score (nSPS) is 15.9. The van der Waals surface area contributed by atoms with E-state index in [9.17, 15) is 14.3 Å². The molecule has 28 heavy (non-hydrogen) atoms. The van der Waals surface area contributed by atoms with Crippen molar-refractivity contribution >= 4 is 34.6 Å². The Morgan fingerprint density at radius 2 is 2.04 bits per heavy atom. The number of carboxylic acid groups (broad SMARTS) is 1. The van der Waals surface area contributed by atoms with Crippen LogP contribution in [0.2, 0.25) is 0 Å². The lowest BCUT2D eigenvalue weighted by atomic mass is 9.90. The van der Waals surface area contributed by atoms with Gasteiger partial charge in [0.1, 0.15) is 4.75 Å². The van der Waals surface area contributed by atoms with Crippen molar-refractivity contribution in [2.24, 2.45) is 0 Å². The lowest BCUT2D eigenvalue weighted by Gasteiger charge is -2.41. The minimum Gasteiger partial charge on any atom is -0.480 e. The smallest absolute Gasteiger partial charge is 0.319 e. The van der Waals surface area contributed by atoms with Crippen molar-refractivity contribution in [3.63, 3.8) is 0 Å². The first kappa shape index (κ1) is 19.0. The highest BCUT2D eigenvalue weighted by Gasteiger charge is 2.37. The summed E-state index contributed by atoms with van der Waals surface area (Å²) in [6.07, 6.45) is 4.45.